The van der Waals surface area contributed by atoms with E-state index in [-0.39, 0.29) is 0 Å². The molecule has 1 N–H and O–H groups in total. The maximum atomic E-state index is 10.6. The van der Waals surface area contributed by atoms with Crippen LogP contribution in [0.2, 0.25) is 0 Å². The van der Waals surface area contributed by atoms with Gasteiger partial charge in [0, 0.05) is 6.04 Å². The molecule has 0 aliphatic heterocycles. The molecule has 0 spiro atoms. The molecule has 0 saturated carbocycles. The molecule has 0 aliphatic rings. The number of phenolic OH excluding ortho intramolecular Hbond substituents is 1. The quantitative estimate of drug-likeness (QED) is 0.575. The van der Waals surface area contributed by atoms with Crippen molar-refractivity contribution in [3.05, 3.63) is 37.9 Å². The first-order valence-electron chi connectivity index (χ1n) is 4.40. The number of hydrogen-bond donors (Lipinski definition) is 1. The number of benzene rings is 1. The minimum absolute atomic E-state index is 0.437. The van der Waals surface area contributed by atoms with Gasteiger partial charge in [-0.1, -0.05) is 0 Å². The zero-order chi connectivity index (χ0) is 12.6. The van der Waals surface area contributed by atoms with Gasteiger partial charge in [0.2, 0.25) is 0 Å². The van der Waals surface area contributed by atoms with Gasteiger partial charge in [-0.15, -0.1) is 0 Å². The predicted molar refractivity (Wildman–Crippen MR) is 46.2 cm³/mol. The van der Waals surface area contributed by atoms with E-state index in [1.54, 1.807) is 0 Å². The van der Waals surface area contributed by atoms with Crippen LogP contribution in [0.25, 0.3) is 0 Å². The molecule has 74 valence electrons. The Bertz CT molecular complexity index is 461. The normalized spacial score (nSPS) is 11.8. The first kappa shape index (κ1) is 7.25. The Morgan fingerprint density at radius 1 is 1.36 bits per heavy atom. The summed E-state index contributed by atoms with van der Waals surface area (Å²) in [5, 5.41) is 30.4. The largest absolute Gasteiger partial charge is 0.502 e. The summed E-state index contributed by atoms with van der Waals surface area (Å²) in [6.45, 7) is 1.05. The predicted octanol–water partition coefficient (Wildman–Crippen LogP) is 1.52. The molecule has 0 amide bonds. The highest BCUT2D eigenvalue weighted by atomic mass is 16.6. The summed E-state index contributed by atoms with van der Waals surface area (Å²) in [6, 6.07) is -1.77. The molecule has 14 heavy (non-hydrogen) atoms. The Labute approximate surface area is 80.7 Å². The zero-order valence-electron chi connectivity index (χ0n) is 8.97. The van der Waals surface area contributed by atoms with E-state index in [9.17, 15) is 25.3 Å². The summed E-state index contributed by atoms with van der Waals surface area (Å²) in [7, 11) is 0. The van der Waals surface area contributed by atoms with Crippen LogP contribution < -0.4 is 0 Å². The van der Waals surface area contributed by atoms with E-state index in [0.717, 1.165) is 6.92 Å². The third kappa shape index (κ3) is 1.47. The van der Waals surface area contributed by atoms with E-state index in [1.807, 2.05) is 0 Å². The second-order valence-corrected chi connectivity index (χ2v) is 2.44. The van der Waals surface area contributed by atoms with Gasteiger partial charge in [-0.05, 0) is 13.0 Å². The van der Waals surface area contributed by atoms with Gasteiger partial charge >= 0.3 is 5.69 Å². The molecule has 7 heteroatoms. The van der Waals surface area contributed by atoms with Gasteiger partial charge in [-0.2, -0.15) is 0 Å². The van der Waals surface area contributed by atoms with Crippen LogP contribution in [0.15, 0.2) is 12.1 Å². The van der Waals surface area contributed by atoms with Gasteiger partial charge in [0.1, 0.15) is 5.56 Å². The Hall–Kier alpha value is -2.18. The van der Waals surface area contributed by atoms with E-state index in [4.69, 9.17) is 2.74 Å². The first-order chi connectivity index (χ1) is 7.29. The highest BCUT2D eigenvalue weighted by Crippen LogP contribution is 2.34. The van der Waals surface area contributed by atoms with Crippen molar-refractivity contribution in [3.8, 4) is 5.75 Å². The van der Waals surface area contributed by atoms with Crippen LogP contribution in [0.1, 0.15) is 8.30 Å². The van der Waals surface area contributed by atoms with Gasteiger partial charge in [0.15, 0.2) is 5.75 Å². The minimum Gasteiger partial charge on any atom is -0.502 e. The van der Waals surface area contributed by atoms with Crippen molar-refractivity contribution in [2.75, 3.05) is 0 Å². The molecule has 0 heterocycles. The van der Waals surface area contributed by atoms with Crippen LogP contribution >= 0.6 is 0 Å². The fraction of sp³-hybridized carbons (Fsp3) is 0.143. The van der Waals surface area contributed by atoms with Crippen molar-refractivity contribution < 1.29 is 17.7 Å². The van der Waals surface area contributed by atoms with Gasteiger partial charge in [0.25, 0.3) is 5.69 Å². The van der Waals surface area contributed by atoms with Crippen LogP contribution in [0, 0.1) is 27.2 Å². The molecular weight excluding hydrogens is 192 g/mol. The second-order valence-electron chi connectivity index (χ2n) is 2.44. The molecule has 1 rings (SSSR count). The SMILES string of the molecule is [2H]c1c([2H])c([N+](=O)[O-])c(C)c([N+](=O)[O-])c1O. The van der Waals surface area contributed by atoms with Crippen LogP contribution in [0.4, 0.5) is 11.4 Å². The summed E-state index contributed by atoms with van der Waals surface area (Å²) < 4.78 is 14.4. The standard InChI is InChI=1S/C7H6N2O5/c1-4-5(8(11)12)2-3-6(10)7(4)9(13)14/h2-3,10H,1H3/i2D,3D. The fourth-order valence-corrected chi connectivity index (χ4v) is 0.967. The summed E-state index contributed by atoms with van der Waals surface area (Å²) in [5.41, 5.74) is -2.18. The number of hydrogen-bond acceptors (Lipinski definition) is 5. The van der Waals surface area contributed by atoms with Crippen LogP contribution in [0.5, 0.6) is 5.75 Å². The second kappa shape index (κ2) is 3.29. The van der Waals surface area contributed by atoms with Crippen LogP contribution in [0.3, 0.4) is 0 Å². The van der Waals surface area contributed by atoms with E-state index in [1.165, 1.54) is 0 Å². The molecule has 0 bridgehead atoms. The lowest BCUT2D eigenvalue weighted by molar-refractivity contribution is -0.395. The molecule has 0 radical (unpaired) electrons. The van der Waals surface area contributed by atoms with E-state index < -0.39 is 44.6 Å². The van der Waals surface area contributed by atoms with Crippen molar-refractivity contribution in [1.29, 1.82) is 0 Å². The average molecular weight is 200 g/mol. The number of phenols is 1. The van der Waals surface area contributed by atoms with Gasteiger partial charge in [0.05, 0.1) is 12.6 Å². The summed E-state index contributed by atoms with van der Waals surface area (Å²) >= 11 is 0. The zero-order valence-corrected chi connectivity index (χ0v) is 6.97. The number of rotatable bonds is 2. The molecule has 0 aliphatic carbocycles. The molecule has 7 nitrogen and oxygen atoms in total. The van der Waals surface area contributed by atoms with Crippen molar-refractivity contribution >= 4 is 11.4 Å². The number of nitro benzene ring substituents is 2. The highest BCUT2D eigenvalue weighted by molar-refractivity contribution is 5.60. The molecule has 0 unspecified atom stereocenters. The van der Waals surface area contributed by atoms with Crippen LogP contribution in [-0.4, -0.2) is 15.0 Å². The maximum Gasteiger partial charge on any atom is 0.320 e. The molecule has 0 saturated heterocycles. The van der Waals surface area contributed by atoms with E-state index in [0.29, 0.717) is 0 Å². The Balaban J connectivity index is 3.80. The summed E-state index contributed by atoms with van der Waals surface area (Å²) in [4.78, 5) is 19.1. The number of nitro groups is 2. The molecular formula is C7H6N2O5. The van der Waals surface area contributed by atoms with Crippen LogP contribution in [-0.2, 0) is 0 Å². The topological polar surface area (TPSA) is 107 Å². The molecule has 0 aromatic heterocycles. The molecule has 0 fully saturated rings. The van der Waals surface area contributed by atoms with Gasteiger partial charge < -0.3 is 5.11 Å². The minimum atomic E-state index is -1.03. The third-order valence-corrected chi connectivity index (χ3v) is 1.60. The van der Waals surface area contributed by atoms with E-state index in [2.05, 4.69) is 0 Å². The average Bonchev–Trinajstić information content (AvgIpc) is 2.13. The third-order valence-electron chi connectivity index (χ3n) is 1.60. The Kier molecular flexibility index (Phi) is 1.70. The van der Waals surface area contributed by atoms with Crippen molar-refractivity contribution in [2.45, 2.75) is 6.92 Å². The molecule has 1 aromatic rings. The monoisotopic (exact) mass is 200 g/mol. The van der Waals surface area contributed by atoms with E-state index >= 15 is 0 Å². The maximum absolute atomic E-state index is 10.6. The van der Waals surface area contributed by atoms with Gasteiger partial charge in [-0.25, -0.2) is 0 Å². The Morgan fingerprint density at radius 2 is 1.93 bits per heavy atom. The lowest BCUT2D eigenvalue weighted by atomic mass is 10.1. The highest BCUT2D eigenvalue weighted by Gasteiger charge is 2.25. The van der Waals surface area contributed by atoms with Crippen molar-refractivity contribution in [1.82, 2.24) is 0 Å². The number of nitrogens with zero attached hydrogens (tertiary/aromatic N) is 2. The lowest BCUT2D eigenvalue weighted by Crippen LogP contribution is -1.97. The smallest absolute Gasteiger partial charge is 0.320 e. The molecule has 0 atom stereocenters. The van der Waals surface area contributed by atoms with Crippen molar-refractivity contribution in [3.63, 3.8) is 0 Å². The number of aromatic hydroxyl groups is 1. The fourth-order valence-electron chi connectivity index (χ4n) is 0.967. The summed E-state index contributed by atoms with van der Waals surface area (Å²) in [6.07, 6.45) is 0. The lowest BCUT2D eigenvalue weighted by Gasteiger charge is -2.00. The Morgan fingerprint density at radius 3 is 2.36 bits per heavy atom. The molecule has 1 aromatic carbocycles. The summed E-state index contributed by atoms with van der Waals surface area (Å²) in [5.74, 6) is -1.03. The first-order valence-corrected chi connectivity index (χ1v) is 3.40. The van der Waals surface area contributed by atoms with Gasteiger partial charge in [-0.3, -0.25) is 20.2 Å². The van der Waals surface area contributed by atoms with Crippen molar-refractivity contribution in [2.24, 2.45) is 0 Å².